The van der Waals surface area contributed by atoms with E-state index in [0.717, 1.165) is 9.87 Å². The molecule has 0 heterocycles. The maximum atomic E-state index is 14.2. The summed E-state index contributed by atoms with van der Waals surface area (Å²) in [5, 5.41) is 3.51. The molecule has 1 N–H and O–H groups in total. The van der Waals surface area contributed by atoms with Gasteiger partial charge in [0.15, 0.2) is 0 Å². The van der Waals surface area contributed by atoms with Crippen LogP contribution in [0.4, 0.5) is 5.69 Å². The van der Waals surface area contributed by atoms with Crippen LogP contribution in [0.5, 0.6) is 5.75 Å². The van der Waals surface area contributed by atoms with E-state index in [4.69, 9.17) is 27.9 Å². The van der Waals surface area contributed by atoms with Gasteiger partial charge in [-0.3, -0.25) is 13.9 Å². The average Bonchev–Trinajstić information content (AvgIpc) is 2.93. The molecule has 0 fully saturated rings. The van der Waals surface area contributed by atoms with Gasteiger partial charge in [0.25, 0.3) is 10.0 Å². The molecule has 3 rings (SSSR count). The Morgan fingerprint density at radius 3 is 2.17 bits per heavy atom. The lowest BCUT2D eigenvalue weighted by molar-refractivity contribution is -0.140. The lowest BCUT2D eigenvalue weighted by atomic mass is 10.1. The number of anilines is 1. The number of nitrogens with zero attached hydrogens (tertiary/aromatic N) is 2. The Kier molecular flexibility index (Phi) is 11.7. The smallest absolute Gasteiger partial charge is 0.264 e. The molecule has 0 radical (unpaired) electrons. The summed E-state index contributed by atoms with van der Waals surface area (Å²) in [6.07, 6.45) is 0.273. The number of sulfonamides is 1. The first-order valence-electron chi connectivity index (χ1n) is 13.3. The van der Waals surface area contributed by atoms with Gasteiger partial charge in [-0.25, -0.2) is 8.42 Å². The zero-order valence-corrected chi connectivity index (χ0v) is 27.9. The molecule has 1 atom stereocenters. The number of halogens is 3. The summed E-state index contributed by atoms with van der Waals surface area (Å²) in [6, 6.07) is 15.0. The van der Waals surface area contributed by atoms with Crippen LogP contribution in [0.2, 0.25) is 10.0 Å². The Balaban J connectivity index is 2.12. The van der Waals surface area contributed by atoms with Gasteiger partial charge >= 0.3 is 0 Å². The van der Waals surface area contributed by atoms with E-state index in [9.17, 15) is 18.0 Å². The minimum Gasteiger partial charge on any atom is -0.496 e. The first-order chi connectivity index (χ1) is 19.8. The summed E-state index contributed by atoms with van der Waals surface area (Å²) in [5.41, 5.74) is 1.66. The second kappa shape index (κ2) is 14.6. The Bertz CT molecular complexity index is 1510. The number of amides is 2. The average molecular weight is 699 g/mol. The lowest BCUT2D eigenvalue weighted by Crippen LogP contribution is -2.53. The van der Waals surface area contributed by atoms with Gasteiger partial charge in [-0.1, -0.05) is 53.9 Å². The number of carbonyl (C=O) groups excluding carboxylic acids is 2. The molecule has 0 spiro atoms. The van der Waals surface area contributed by atoms with Crippen LogP contribution in [0.15, 0.2) is 70.0 Å². The van der Waals surface area contributed by atoms with Crippen molar-refractivity contribution in [3.05, 3.63) is 86.3 Å². The molecular weight excluding hydrogens is 665 g/mol. The van der Waals surface area contributed by atoms with Gasteiger partial charge < -0.3 is 15.0 Å². The Morgan fingerprint density at radius 2 is 1.64 bits per heavy atom. The molecule has 0 unspecified atom stereocenters. The number of nitrogens with one attached hydrogen (secondary N) is 1. The van der Waals surface area contributed by atoms with Crippen LogP contribution in [-0.4, -0.2) is 50.9 Å². The minimum atomic E-state index is -4.26. The van der Waals surface area contributed by atoms with Crippen molar-refractivity contribution in [1.29, 1.82) is 0 Å². The molecule has 0 aliphatic heterocycles. The number of hydrogen-bond donors (Lipinski definition) is 1. The van der Waals surface area contributed by atoms with Crippen LogP contribution >= 0.6 is 39.1 Å². The molecule has 3 aromatic carbocycles. The SMILES string of the molecule is CC[C@@H](C(=O)NC(C)C)N(Cc1c(Cl)cccc1Cl)C(=O)CN(c1ccc(C)cc1)S(=O)(=O)c1ccc(OC)c(Br)c1. The lowest BCUT2D eigenvalue weighted by Gasteiger charge is -2.34. The molecule has 0 bridgehead atoms. The highest BCUT2D eigenvalue weighted by Gasteiger charge is 2.34. The van der Waals surface area contributed by atoms with Crippen molar-refractivity contribution in [3.8, 4) is 5.75 Å². The van der Waals surface area contributed by atoms with E-state index >= 15 is 0 Å². The first-order valence-corrected chi connectivity index (χ1v) is 16.2. The number of aryl methyl sites for hydroxylation is 1. The van der Waals surface area contributed by atoms with Crippen molar-refractivity contribution in [2.75, 3.05) is 18.0 Å². The number of methoxy groups -OCH3 is 1. The van der Waals surface area contributed by atoms with E-state index in [-0.39, 0.29) is 35.5 Å². The Morgan fingerprint density at radius 1 is 1.02 bits per heavy atom. The largest absolute Gasteiger partial charge is 0.496 e. The number of ether oxygens (including phenoxy) is 1. The number of carbonyl (C=O) groups is 2. The molecule has 3 aromatic rings. The molecule has 42 heavy (non-hydrogen) atoms. The molecule has 12 heteroatoms. The summed E-state index contributed by atoms with van der Waals surface area (Å²) in [4.78, 5) is 28.8. The summed E-state index contributed by atoms with van der Waals surface area (Å²) in [5.74, 6) is -0.516. The van der Waals surface area contributed by atoms with E-state index < -0.39 is 28.5 Å². The van der Waals surface area contributed by atoms with Crippen LogP contribution in [0.25, 0.3) is 0 Å². The van der Waals surface area contributed by atoms with Gasteiger partial charge in [0.05, 0.1) is 22.2 Å². The van der Waals surface area contributed by atoms with Gasteiger partial charge in [-0.05, 0) is 85.6 Å². The predicted molar refractivity (Wildman–Crippen MR) is 171 cm³/mol. The van der Waals surface area contributed by atoms with Crippen molar-refractivity contribution in [3.63, 3.8) is 0 Å². The first kappa shape index (κ1) is 33.7. The van der Waals surface area contributed by atoms with E-state index in [0.29, 0.717) is 25.8 Å². The van der Waals surface area contributed by atoms with Crippen LogP contribution in [0.3, 0.4) is 0 Å². The summed E-state index contributed by atoms with van der Waals surface area (Å²) < 4.78 is 34.9. The third-order valence-electron chi connectivity index (χ3n) is 6.52. The molecule has 8 nitrogen and oxygen atoms in total. The molecule has 226 valence electrons. The standard InChI is InChI=1S/C30H34BrCl2N3O5S/c1-6-27(30(38)34-19(2)3)35(17-23-25(32)8-7-9-26(23)33)29(37)18-36(21-12-10-20(4)11-13-21)42(39,40)22-14-15-28(41-5)24(31)16-22/h7-16,19,27H,6,17-18H2,1-5H3,(H,34,38)/t27-/m0/s1. The van der Waals surface area contributed by atoms with Gasteiger partial charge in [-0.2, -0.15) is 0 Å². The summed E-state index contributed by atoms with van der Waals surface area (Å²) >= 11 is 16.3. The molecule has 0 saturated heterocycles. The third kappa shape index (κ3) is 7.98. The zero-order valence-electron chi connectivity index (χ0n) is 24.0. The fourth-order valence-corrected chi connectivity index (χ4v) is 6.98. The van der Waals surface area contributed by atoms with Crippen LogP contribution < -0.4 is 14.4 Å². The normalized spacial score (nSPS) is 12.1. The monoisotopic (exact) mass is 697 g/mol. The number of benzene rings is 3. The highest BCUT2D eigenvalue weighted by molar-refractivity contribution is 9.10. The van der Waals surface area contributed by atoms with Gasteiger partial charge in [0.1, 0.15) is 18.3 Å². The minimum absolute atomic E-state index is 0.0474. The molecule has 0 aliphatic rings. The zero-order chi connectivity index (χ0) is 31.2. The topological polar surface area (TPSA) is 96.0 Å². The molecular formula is C30H34BrCl2N3O5S. The van der Waals surface area contributed by atoms with Crippen molar-refractivity contribution in [2.45, 2.75) is 57.6 Å². The Hall–Kier alpha value is -2.79. The fraction of sp³-hybridized carbons (Fsp3) is 0.333. The predicted octanol–water partition coefficient (Wildman–Crippen LogP) is 6.60. The summed E-state index contributed by atoms with van der Waals surface area (Å²) in [6.45, 7) is 6.62. The summed E-state index contributed by atoms with van der Waals surface area (Å²) in [7, 11) is -2.78. The van der Waals surface area contributed by atoms with Crippen LogP contribution in [0, 0.1) is 6.92 Å². The van der Waals surface area contributed by atoms with Crippen molar-refractivity contribution >= 4 is 66.7 Å². The number of rotatable bonds is 12. The van der Waals surface area contributed by atoms with Crippen LogP contribution in [-0.2, 0) is 26.2 Å². The van der Waals surface area contributed by atoms with Crippen LogP contribution in [0.1, 0.15) is 38.3 Å². The quantitative estimate of drug-likeness (QED) is 0.230. The molecule has 0 aliphatic carbocycles. The molecule has 2 amide bonds. The second-order valence-corrected chi connectivity index (χ2v) is 13.5. The van der Waals surface area contributed by atoms with Gasteiger partial charge in [-0.15, -0.1) is 0 Å². The molecule has 0 saturated carbocycles. The van der Waals surface area contributed by atoms with E-state index in [2.05, 4.69) is 21.2 Å². The van der Waals surface area contributed by atoms with E-state index in [1.165, 1.54) is 30.2 Å². The van der Waals surface area contributed by atoms with Crippen molar-refractivity contribution in [2.24, 2.45) is 0 Å². The second-order valence-electron chi connectivity index (χ2n) is 9.95. The maximum Gasteiger partial charge on any atom is 0.264 e. The number of hydrogen-bond acceptors (Lipinski definition) is 5. The van der Waals surface area contributed by atoms with E-state index in [1.807, 2.05) is 20.8 Å². The van der Waals surface area contributed by atoms with Crippen molar-refractivity contribution in [1.82, 2.24) is 10.2 Å². The highest BCUT2D eigenvalue weighted by Crippen LogP contribution is 2.32. The maximum absolute atomic E-state index is 14.2. The highest BCUT2D eigenvalue weighted by atomic mass is 79.9. The fourth-order valence-electron chi connectivity index (χ4n) is 4.33. The molecule has 0 aromatic heterocycles. The van der Waals surface area contributed by atoms with Crippen molar-refractivity contribution < 1.29 is 22.7 Å². The van der Waals surface area contributed by atoms with Gasteiger partial charge in [0.2, 0.25) is 11.8 Å². The van der Waals surface area contributed by atoms with E-state index in [1.54, 1.807) is 49.4 Å². The van der Waals surface area contributed by atoms with Gasteiger partial charge in [0, 0.05) is 28.2 Å². The Labute approximate surface area is 266 Å². The third-order valence-corrected chi connectivity index (χ3v) is 9.62.